The van der Waals surface area contributed by atoms with E-state index in [2.05, 4.69) is 10.6 Å². The zero-order valence-electron chi connectivity index (χ0n) is 18.9. The smallest absolute Gasteiger partial charge is 0.302 e. The van der Waals surface area contributed by atoms with Gasteiger partial charge in [-0.1, -0.05) is 60.7 Å². The van der Waals surface area contributed by atoms with E-state index >= 15 is 0 Å². The number of hydrogen-bond acceptors (Lipinski definition) is 5. The second-order valence-electron chi connectivity index (χ2n) is 7.96. The van der Waals surface area contributed by atoms with Crippen molar-refractivity contribution in [3.8, 4) is 5.75 Å². The van der Waals surface area contributed by atoms with Crippen molar-refractivity contribution in [2.45, 2.75) is 31.8 Å². The lowest BCUT2D eigenvalue weighted by Gasteiger charge is -2.24. The second kappa shape index (κ2) is 12.2. The first-order valence-corrected chi connectivity index (χ1v) is 11.0. The van der Waals surface area contributed by atoms with Crippen LogP contribution in [0, 0.1) is 0 Å². The minimum atomic E-state index is -0.882. The number of rotatable bonds is 10. The monoisotopic (exact) mass is 460 g/mol. The number of amides is 2. The predicted molar refractivity (Wildman–Crippen MR) is 128 cm³/mol. The maximum atomic E-state index is 13.3. The van der Waals surface area contributed by atoms with Crippen LogP contribution < -0.4 is 10.6 Å². The fraction of sp³-hybridized carbons (Fsp3) is 0.222. The molecule has 0 aliphatic carbocycles. The predicted octanol–water partition coefficient (Wildman–Crippen LogP) is 3.02. The van der Waals surface area contributed by atoms with Crippen LogP contribution >= 0.6 is 0 Å². The lowest BCUT2D eigenvalue weighted by molar-refractivity contribution is -0.142. The van der Waals surface area contributed by atoms with Crippen molar-refractivity contribution in [1.82, 2.24) is 10.6 Å². The van der Waals surface area contributed by atoms with E-state index in [4.69, 9.17) is 4.74 Å². The Kier molecular flexibility index (Phi) is 8.80. The van der Waals surface area contributed by atoms with E-state index in [9.17, 15) is 19.5 Å². The summed E-state index contributed by atoms with van der Waals surface area (Å²) in [6.07, 6.45) is 0.675. The van der Waals surface area contributed by atoms with Crippen LogP contribution in [0.2, 0.25) is 0 Å². The van der Waals surface area contributed by atoms with E-state index in [1.807, 2.05) is 30.3 Å². The first-order valence-electron chi connectivity index (χ1n) is 11.0. The molecule has 0 aromatic heterocycles. The highest BCUT2D eigenvalue weighted by atomic mass is 16.5. The van der Waals surface area contributed by atoms with Gasteiger partial charge in [0.15, 0.2) is 0 Å². The largest absolute Gasteiger partial charge is 0.508 e. The number of aromatic hydroxyl groups is 1. The SMILES string of the molecule is CC(=O)OCC(Cc1ccccc1)NC(=O)C(Cc1ccc(O)cc1)NC(=O)c1ccccc1. The van der Waals surface area contributed by atoms with Crippen LogP contribution in [0.25, 0.3) is 0 Å². The number of carbonyl (C=O) groups is 3. The molecule has 2 atom stereocenters. The van der Waals surface area contributed by atoms with Gasteiger partial charge in [-0.15, -0.1) is 0 Å². The van der Waals surface area contributed by atoms with Crippen LogP contribution in [0.15, 0.2) is 84.9 Å². The molecule has 7 nitrogen and oxygen atoms in total. The molecular weight excluding hydrogens is 432 g/mol. The minimum Gasteiger partial charge on any atom is -0.508 e. The number of benzene rings is 3. The third-order valence-corrected chi connectivity index (χ3v) is 5.19. The summed E-state index contributed by atoms with van der Waals surface area (Å²) in [7, 11) is 0. The fourth-order valence-corrected chi connectivity index (χ4v) is 3.48. The average molecular weight is 461 g/mol. The van der Waals surface area contributed by atoms with E-state index in [-0.39, 0.29) is 24.7 Å². The van der Waals surface area contributed by atoms with Crippen LogP contribution in [-0.2, 0) is 27.2 Å². The highest BCUT2D eigenvalue weighted by molar-refractivity contribution is 5.97. The summed E-state index contributed by atoms with van der Waals surface area (Å²) in [6.45, 7) is 1.32. The van der Waals surface area contributed by atoms with Crippen molar-refractivity contribution in [1.29, 1.82) is 0 Å². The highest BCUT2D eigenvalue weighted by Gasteiger charge is 2.25. The molecule has 2 unspecified atom stereocenters. The van der Waals surface area contributed by atoms with E-state index in [1.165, 1.54) is 19.1 Å². The molecule has 0 radical (unpaired) electrons. The lowest BCUT2D eigenvalue weighted by Crippen LogP contribution is -2.52. The van der Waals surface area contributed by atoms with Gasteiger partial charge in [-0.25, -0.2) is 0 Å². The number of phenols is 1. The number of esters is 1. The maximum Gasteiger partial charge on any atom is 0.302 e. The molecule has 0 aliphatic heterocycles. The molecular formula is C27H28N2O5. The molecule has 34 heavy (non-hydrogen) atoms. The molecule has 0 spiro atoms. The van der Waals surface area contributed by atoms with Gasteiger partial charge in [0.1, 0.15) is 18.4 Å². The van der Waals surface area contributed by atoms with E-state index in [0.29, 0.717) is 12.0 Å². The third kappa shape index (κ3) is 7.78. The van der Waals surface area contributed by atoms with E-state index in [0.717, 1.165) is 11.1 Å². The summed E-state index contributed by atoms with van der Waals surface area (Å²) in [5.41, 5.74) is 2.18. The number of hydrogen-bond donors (Lipinski definition) is 3. The third-order valence-electron chi connectivity index (χ3n) is 5.19. The molecule has 0 fully saturated rings. The Balaban J connectivity index is 1.78. The number of ether oxygens (including phenoxy) is 1. The standard InChI is InChI=1S/C27H28N2O5/c1-19(30)34-18-23(16-20-8-4-2-5-9-20)28-27(33)25(17-21-12-14-24(31)15-13-21)29-26(32)22-10-6-3-7-11-22/h2-15,23,25,31H,16-18H2,1H3,(H,28,33)(H,29,32). The van der Waals surface area contributed by atoms with Gasteiger partial charge < -0.3 is 20.5 Å². The van der Waals surface area contributed by atoms with E-state index in [1.54, 1.807) is 42.5 Å². The van der Waals surface area contributed by atoms with Crippen molar-refractivity contribution in [3.05, 3.63) is 102 Å². The molecule has 3 aromatic rings. The van der Waals surface area contributed by atoms with Crippen molar-refractivity contribution >= 4 is 17.8 Å². The molecule has 2 amide bonds. The molecule has 176 valence electrons. The number of nitrogens with one attached hydrogen (secondary N) is 2. The summed E-state index contributed by atoms with van der Waals surface area (Å²) in [5.74, 6) is -1.10. The molecule has 0 aliphatic rings. The molecule has 3 N–H and O–H groups in total. The molecule has 0 saturated heterocycles. The first kappa shape index (κ1) is 24.5. The van der Waals surface area contributed by atoms with Crippen molar-refractivity contribution < 1.29 is 24.2 Å². The Morgan fingerprint density at radius 3 is 2.00 bits per heavy atom. The quantitative estimate of drug-likeness (QED) is 0.404. The Morgan fingerprint density at radius 1 is 0.794 bits per heavy atom. The lowest BCUT2D eigenvalue weighted by atomic mass is 10.0. The van der Waals surface area contributed by atoms with Crippen LogP contribution in [-0.4, -0.2) is 41.6 Å². The average Bonchev–Trinajstić information content (AvgIpc) is 2.84. The van der Waals surface area contributed by atoms with Gasteiger partial charge in [-0.3, -0.25) is 14.4 Å². The molecule has 0 saturated carbocycles. The number of phenolic OH excluding ortho intramolecular Hbond substituents is 1. The van der Waals surface area contributed by atoms with Gasteiger partial charge in [0.05, 0.1) is 6.04 Å². The molecule has 0 bridgehead atoms. The summed E-state index contributed by atoms with van der Waals surface area (Å²) < 4.78 is 5.17. The summed E-state index contributed by atoms with van der Waals surface area (Å²) in [6, 6.07) is 23.3. The molecule has 0 heterocycles. The number of carbonyl (C=O) groups excluding carboxylic acids is 3. The Hall–Kier alpha value is -4.13. The van der Waals surface area contributed by atoms with Gasteiger partial charge in [-0.05, 0) is 41.8 Å². The van der Waals surface area contributed by atoms with Crippen LogP contribution in [0.3, 0.4) is 0 Å². The molecule has 7 heteroatoms. The first-order chi connectivity index (χ1) is 16.4. The maximum absolute atomic E-state index is 13.3. The Morgan fingerprint density at radius 2 is 1.38 bits per heavy atom. The second-order valence-corrected chi connectivity index (χ2v) is 7.96. The Labute approximate surface area is 198 Å². The van der Waals surface area contributed by atoms with Gasteiger partial charge in [0, 0.05) is 18.9 Å². The zero-order chi connectivity index (χ0) is 24.3. The van der Waals surface area contributed by atoms with Crippen LogP contribution in [0.5, 0.6) is 5.75 Å². The zero-order valence-corrected chi connectivity index (χ0v) is 18.9. The van der Waals surface area contributed by atoms with Crippen molar-refractivity contribution in [3.63, 3.8) is 0 Å². The topological polar surface area (TPSA) is 105 Å². The van der Waals surface area contributed by atoms with E-state index < -0.39 is 24.0 Å². The van der Waals surface area contributed by atoms with Gasteiger partial charge in [0.25, 0.3) is 5.91 Å². The fourth-order valence-electron chi connectivity index (χ4n) is 3.48. The van der Waals surface area contributed by atoms with Crippen LogP contribution in [0.1, 0.15) is 28.4 Å². The molecule has 3 aromatic carbocycles. The highest BCUT2D eigenvalue weighted by Crippen LogP contribution is 2.13. The van der Waals surface area contributed by atoms with Gasteiger partial charge >= 0.3 is 5.97 Å². The minimum absolute atomic E-state index is 0.00846. The van der Waals surface area contributed by atoms with Gasteiger partial charge in [0.2, 0.25) is 5.91 Å². The van der Waals surface area contributed by atoms with Gasteiger partial charge in [-0.2, -0.15) is 0 Å². The summed E-state index contributed by atoms with van der Waals surface area (Å²) >= 11 is 0. The van der Waals surface area contributed by atoms with Crippen LogP contribution in [0.4, 0.5) is 0 Å². The Bertz CT molecular complexity index is 1090. The summed E-state index contributed by atoms with van der Waals surface area (Å²) in [5, 5.41) is 15.3. The molecule has 3 rings (SSSR count). The van der Waals surface area contributed by atoms with Crippen molar-refractivity contribution in [2.24, 2.45) is 0 Å². The normalized spacial score (nSPS) is 12.3. The van der Waals surface area contributed by atoms with Crippen molar-refractivity contribution in [2.75, 3.05) is 6.61 Å². The summed E-state index contributed by atoms with van der Waals surface area (Å²) in [4.78, 5) is 37.5.